The molecule has 0 aromatic heterocycles. The van der Waals surface area contributed by atoms with Crippen LogP contribution in [0.3, 0.4) is 0 Å². The molecule has 1 fully saturated rings. The summed E-state index contributed by atoms with van der Waals surface area (Å²) in [7, 11) is 1.32. The fourth-order valence-corrected chi connectivity index (χ4v) is 4.59. The van der Waals surface area contributed by atoms with E-state index in [2.05, 4.69) is 10.3 Å². The molecule has 2 heterocycles. The number of nitrogens with zero attached hydrogens (tertiary/aromatic N) is 2. The maximum absolute atomic E-state index is 13.7. The highest BCUT2D eigenvalue weighted by molar-refractivity contribution is 6.00. The second-order valence-corrected chi connectivity index (χ2v) is 11.5. The van der Waals surface area contributed by atoms with Gasteiger partial charge in [-0.3, -0.25) is 14.6 Å². The van der Waals surface area contributed by atoms with Gasteiger partial charge in [0.2, 0.25) is 0 Å². The van der Waals surface area contributed by atoms with Crippen LogP contribution in [0.5, 0.6) is 5.75 Å². The molecule has 2 unspecified atom stereocenters. The lowest BCUT2D eigenvalue weighted by Crippen LogP contribution is -2.63. The van der Waals surface area contributed by atoms with Gasteiger partial charge in [0.25, 0.3) is 5.91 Å². The Morgan fingerprint density at radius 1 is 1.05 bits per heavy atom. The van der Waals surface area contributed by atoms with Gasteiger partial charge >= 0.3 is 12.1 Å². The summed E-state index contributed by atoms with van der Waals surface area (Å²) >= 11 is 0. The van der Waals surface area contributed by atoms with E-state index in [9.17, 15) is 14.4 Å². The lowest BCUT2D eigenvalue weighted by Gasteiger charge is -2.47. The predicted molar refractivity (Wildman–Crippen MR) is 141 cm³/mol. The first kappa shape index (κ1) is 28.2. The summed E-state index contributed by atoms with van der Waals surface area (Å²) in [4.78, 5) is 44.5. The molecular weight excluding hydrogens is 474 g/mol. The number of methoxy groups -OCH3 is 1. The van der Waals surface area contributed by atoms with Gasteiger partial charge in [-0.15, -0.1) is 0 Å². The second-order valence-electron chi connectivity index (χ2n) is 11.5. The molecule has 0 aliphatic carbocycles. The normalized spacial score (nSPS) is 22.4. The van der Waals surface area contributed by atoms with E-state index in [1.165, 1.54) is 13.3 Å². The Morgan fingerprint density at radius 2 is 1.70 bits per heavy atom. The topological polar surface area (TPSA) is 107 Å². The number of esters is 1. The van der Waals surface area contributed by atoms with Crippen LogP contribution in [0, 0.1) is 11.3 Å². The standard InChI is InChI=1S/C28H39N3O6/c1-26(2,3)28(14-15-29-18-21(28)24(33)35-7)30-23(32)20-10-8-9-11-22(20)36-19-12-16-31(17-13-19)25(34)37-27(4,5)6/h8-11,14-15,18-19,21H,12-13,16-17H2,1-7H3,(H,30,32). The van der Waals surface area contributed by atoms with Crippen LogP contribution in [0.25, 0.3) is 0 Å². The summed E-state index contributed by atoms with van der Waals surface area (Å²) in [6, 6.07) is 7.04. The number of hydrogen-bond acceptors (Lipinski definition) is 7. The van der Waals surface area contributed by atoms with E-state index < -0.39 is 28.4 Å². The van der Waals surface area contributed by atoms with Crippen LogP contribution in [0.15, 0.2) is 41.5 Å². The van der Waals surface area contributed by atoms with E-state index in [1.807, 2.05) is 47.6 Å². The molecule has 2 aliphatic rings. The van der Waals surface area contributed by atoms with Crippen molar-refractivity contribution < 1.29 is 28.6 Å². The van der Waals surface area contributed by atoms with Gasteiger partial charge in [-0.25, -0.2) is 4.79 Å². The summed E-state index contributed by atoms with van der Waals surface area (Å²) in [6.07, 6.45) is 5.60. The van der Waals surface area contributed by atoms with E-state index in [0.29, 0.717) is 37.2 Å². The summed E-state index contributed by atoms with van der Waals surface area (Å²) in [6.45, 7) is 12.4. The van der Waals surface area contributed by atoms with Gasteiger partial charge in [-0.05, 0) is 44.4 Å². The summed E-state index contributed by atoms with van der Waals surface area (Å²) < 4.78 is 16.8. The van der Waals surface area contributed by atoms with E-state index in [0.717, 1.165) is 0 Å². The lowest BCUT2D eigenvalue weighted by molar-refractivity contribution is -0.146. The van der Waals surface area contributed by atoms with Gasteiger partial charge in [-0.2, -0.15) is 0 Å². The molecule has 3 rings (SSSR count). The highest BCUT2D eigenvalue weighted by Gasteiger charge is 2.51. The molecule has 202 valence electrons. The maximum atomic E-state index is 13.7. The second kappa shape index (κ2) is 10.9. The Balaban J connectivity index is 1.76. The van der Waals surface area contributed by atoms with Crippen molar-refractivity contribution in [3.8, 4) is 5.75 Å². The molecule has 9 heteroatoms. The first-order chi connectivity index (χ1) is 17.3. The van der Waals surface area contributed by atoms with E-state index in [-0.39, 0.29) is 18.1 Å². The number of amides is 2. The van der Waals surface area contributed by atoms with Gasteiger partial charge < -0.3 is 24.4 Å². The monoisotopic (exact) mass is 513 g/mol. The third-order valence-corrected chi connectivity index (χ3v) is 6.68. The van der Waals surface area contributed by atoms with Crippen LogP contribution in [-0.2, 0) is 14.3 Å². The zero-order valence-corrected chi connectivity index (χ0v) is 22.9. The lowest BCUT2D eigenvalue weighted by atomic mass is 9.65. The Kier molecular flexibility index (Phi) is 8.35. The molecule has 0 saturated carbocycles. The van der Waals surface area contributed by atoms with Crippen LogP contribution in [0.1, 0.15) is 64.7 Å². The largest absolute Gasteiger partial charge is 0.489 e. The van der Waals surface area contributed by atoms with Gasteiger partial charge in [0, 0.05) is 38.3 Å². The molecule has 2 atom stereocenters. The minimum atomic E-state index is -1.06. The van der Waals surface area contributed by atoms with Gasteiger partial charge in [0.15, 0.2) is 0 Å². The van der Waals surface area contributed by atoms with Crippen molar-refractivity contribution in [2.75, 3.05) is 20.2 Å². The van der Waals surface area contributed by atoms with Gasteiger partial charge in [-0.1, -0.05) is 32.9 Å². The van der Waals surface area contributed by atoms with Crippen molar-refractivity contribution in [3.05, 3.63) is 42.1 Å². The van der Waals surface area contributed by atoms with Gasteiger partial charge in [0.1, 0.15) is 23.4 Å². The Bertz CT molecular complexity index is 1060. The molecule has 1 saturated heterocycles. The van der Waals surface area contributed by atoms with Crippen LogP contribution < -0.4 is 10.1 Å². The number of nitrogens with one attached hydrogen (secondary N) is 1. The molecule has 1 aromatic carbocycles. The van der Waals surface area contributed by atoms with Crippen LogP contribution in [0.4, 0.5) is 4.79 Å². The Morgan fingerprint density at radius 3 is 2.30 bits per heavy atom. The zero-order chi connectivity index (χ0) is 27.4. The minimum absolute atomic E-state index is 0.159. The smallest absolute Gasteiger partial charge is 0.410 e. The predicted octanol–water partition coefficient (Wildman–Crippen LogP) is 4.37. The fraction of sp³-hybridized carbons (Fsp3) is 0.571. The van der Waals surface area contributed by atoms with Crippen molar-refractivity contribution >= 4 is 24.2 Å². The quantitative estimate of drug-likeness (QED) is 0.586. The van der Waals surface area contributed by atoms with Crippen molar-refractivity contribution in [2.24, 2.45) is 16.3 Å². The van der Waals surface area contributed by atoms with Crippen LogP contribution >= 0.6 is 0 Å². The number of hydrogen-bond donors (Lipinski definition) is 1. The van der Waals surface area contributed by atoms with E-state index >= 15 is 0 Å². The molecule has 0 spiro atoms. The molecular formula is C28H39N3O6. The first-order valence-electron chi connectivity index (χ1n) is 12.6. The maximum Gasteiger partial charge on any atom is 0.410 e. The number of para-hydroxylation sites is 1. The molecule has 2 amide bonds. The van der Waals surface area contributed by atoms with Crippen molar-refractivity contribution in [1.29, 1.82) is 0 Å². The average molecular weight is 514 g/mol. The Hall–Kier alpha value is -3.36. The molecule has 1 aromatic rings. The number of aliphatic imine (C=N–C) groups is 1. The number of likely N-dealkylation sites (tertiary alicyclic amines) is 1. The average Bonchev–Trinajstić information content (AvgIpc) is 2.83. The Labute approximate surface area is 219 Å². The number of carbonyl (C=O) groups is 3. The number of piperidine rings is 1. The summed E-state index contributed by atoms with van der Waals surface area (Å²) in [5.41, 5.74) is -1.80. The van der Waals surface area contributed by atoms with Crippen molar-refractivity contribution in [3.63, 3.8) is 0 Å². The molecule has 9 nitrogen and oxygen atoms in total. The molecule has 37 heavy (non-hydrogen) atoms. The third-order valence-electron chi connectivity index (χ3n) is 6.68. The molecule has 0 bridgehead atoms. The highest BCUT2D eigenvalue weighted by Crippen LogP contribution is 2.40. The fourth-order valence-electron chi connectivity index (χ4n) is 4.59. The summed E-state index contributed by atoms with van der Waals surface area (Å²) in [5, 5.41) is 3.11. The number of rotatable bonds is 5. The van der Waals surface area contributed by atoms with Crippen LogP contribution in [0.2, 0.25) is 0 Å². The van der Waals surface area contributed by atoms with Crippen LogP contribution in [-0.4, -0.2) is 66.5 Å². The molecule has 0 radical (unpaired) electrons. The summed E-state index contributed by atoms with van der Waals surface area (Å²) in [5.74, 6) is -1.20. The molecule has 1 N–H and O–H groups in total. The zero-order valence-electron chi connectivity index (χ0n) is 22.9. The number of ether oxygens (including phenoxy) is 3. The number of carbonyl (C=O) groups excluding carboxylic acids is 3. The SMILES string of the molecule is COC(=O)C1C=NC=CC1(NC(=O)c1ccccc1OC1CCN(C(=O)OC(C)(C)C)CC1)C(C)(C)C. The van der Waals surface area contributed by atoms with Crippen molar-refractivity contribution in [1.82, 2.24) is 10.2 Å². The highest BCUT2D eigenvalue weighted by atomic mass is 16.6. The van der Waals surface area contributed by atoms with Crippen molar-refractivity contribution in [2.45, 2.75) is 71.6 Å². The van der Waals surface area contributed by atoms with Gasteiger partial charge in [0.05, 0.1) is 18.2 Å². The molecule has 2 aliphatic heterocycles. The number of benzene rings is 1. The minimum Gasteiger partial charge on any atom is -0.489 e. The van der Waals surface area contributed by atoms with E-state index in [4.69, 9.17) is 14.2 Å². The first-order valence-corrected chi connectivity index (χ1v) is 12.6. The third kappa shape index (κ3) is 6.50. The van der Waals surface area contributed by atoms with E-state index in [1.54, 1.807) is 35.4 Å².